The molecular weight excluding hydrogens is 334 g/mol. The van der Waals surface area contributed by atoms with E-state index in [-0.39, 0.29) is 10.7 Å². The van der Waals surface area contributed by atoms with Crippen molar-refractivity contribution in [1.29, 1.82) is 0 Å². The highest BCUT2D eigenvalue weighted by molar-refractivity contribution is 7.16. The number of carbonyl (C=O) groups is 1. The summed E-state index contributed by atoms with van der Waals surface area (Å²) >= 11 is 13.1. The van der Waals surface area contributed by atoms with Crippen LogP contribution < -0.4 is 0 Å². The highest BCUT2D eigenvalue weighted by Crippen LogP contribution is 2.24. The lowest BCUT2D eigenvalue weighted by Gasteiger charge is -2.20. The molecule has 0 saturated carbocycles. The van der Waals surface area contributed by atoms with E-state index in [0.29, 0.717) is 17.4 Å². The third-order valence-electron chi connectivity index (χ3n) is 2.65. The van der Waals surface area contributed by atoms with Gasteiger partial charge in [0, 0.05) is 11.4 Å². The van der Waals surface area contributed by atoms with Crippen LogP contribution in [0.4, 0.5) is 4.39 Å². The van der Waals surface area contributed by atoms with Gasteiger partial charge in [0.15, 0.2) is 0 Å². The van der Waals surface area contributed by atoms with Crippen molar-refractivity contribution < 1.29 is 9.18 Å². The minimum absolute atomic E-state index is 0.0281. The number of aromatic nitrogens is 1. The number of hydrogen-bond donors (Lipinski definition) is 0. The summed E-state index contributed by atoms with van der Waals surface area (Å²) in [5.41, 5.74) is 0.0289. The van der Waals surface area contributed by atoms with Gasteiger partial charge in [-0.05, 0) is 18.2 Å². The van der Waals surface area contributed by atoms with E-state index >= 15 is 0 Å². The number of hydrogen-bond acceptors (Lipinski definition) is 3. The van der Waals surface area contributed by atoms with Gasteiger partial charge in [0.05, 0.1) is 22.6 Å². The Kier molecular flexibility index (Phi) is 5.33. The zero-order valence-electron chi connectivity index (χ0n) is 10.9. The molecule has 0 spiro atoms. The number of amides is 1. The SMILES string of the molecule is C=CCN(Cc1ccc(Cl)s1)C(=O)c1cc(F)cnc1Cl. The van der Waals surface area contributed by atoms with Crippen molar-refractivity contribution in [3.05, 3.63) is 62.8 Å². The number of carbonyl (C=O) groups excluding carboxylic acids is 1. The first kappa shape index (κ1) is 15.9. The zero-order chi connectivity index (χ0) is 15.4. The molecule has 3 nitrogen and oxygen atoms in total. The highest BCUT2D eigenvalue weighted by Gasteiger charge is 2.20. The predicted molar refractivity (Wildman–Crippen MR) is 83.5 cm³/mol. The molecule has 2 aromatic rings. The smallest absolute Gasteiger partial charge is 0.257 e. The number of rotatable bonds is 5. The lowest BCUT2D eigenvalue weighted by Crippen LogP contribution is -2.30. The maximum atomic E-state index is 13.3. The summed E-state index contributed by atoms with van der Waals surface area (Å²) in [4.78, 5) is 18.5. The van der Waals surface area contributed by atoms with Crippen molar-refractivity contribution in [2.45, 2.75) is 6.54 Å². The summed E-state index contributed by atoms with van der Waals surface area (Å²) < 4.78 is 13.9. The van der Waals surface area contributed by atoms with Crippen molar-refractivity contribution in [3.8, 4) is 0 Å². The average Bonchev–Trinajstić information content (AvgIpc) is 2.86. The van der Waals surface area contributed by atoms with Gasteiger partial charge in [0.25, 0.3) is 5.91 Å². The summed E-state index contributed by atoms with van der Waals surface area (Å²) in [6.07, 6.45) is 2.56. The molecule has 2 rings (SSSR count). The molecule has 110 valence electrons. The van der Waals surface area contributed by atoms with E-state index in [0.717, 1.165) is 17.1 Å². The molecule has 1 amide bonds. The molecule has 0 saturated heterocycles. The second-order valence-corrected chi connectivity index (χ2v) is 6.33. The van der Waals surface area contributed by atoms with E-state index in [4.69, 9.17) is 23.2 Å². The Morgan fingerprint density at radius 2 is 2.24 bits per heavy atom. The molecule has 0 fully saturated rings. The van der Waals surface area contributed by atoms with Crippen molar-refractivity contribution in [1.82, 2.24) is 9.88 Å². The van der Waals surface area contributed by atoms with Gasteiger partial charge in [-0.25, -0.2) is 9.37 Å². The molecule has 0 aromatic carbocycles. The molecule has 21 heavy (non-hydrogen) atoms. The van der Waals surface area contributed by atoms with Gasteiger partial charge in [-0.15, -0.1) is 17.9 Å². The minimum Gasteiger partial charge on any atom is -0.330 e. The third-order valence-corrected chi connectivity index (χ3v) is 4.17. The summed E-state index contributed by atoms with van der Waals surface area (Å²) in [6, 6.07) is 4.67. The van der Waals surface area contributed by atoms with Crippen LogP contribution in [0.2, 0.25) is 9.49 Å². The average molecular weight is 345 g/mol. The van der Waals surface area contributed by atoms with Crippen LogP contribution in [0.15, 0.2) is 37.1 Å². The van der Waals surface area contributed by atoms with Gasteiger partial charge in [-0.3, -0.25) is 4.79 Å². The highest BCUT2D eigenvalue weighted by atomic mass is 35.5. The van der Waals surface area contributed by atoms with Crippen LogP contribution in [0.5, 0.6) is 0 Å². The fourth-order valence-corrected chi connectivity index (χ4v) is 3.03. The van der Waals surface area contributed by atoms with Crippen molar-refractivity contribution in [3.63, 3.8) is 0 Å². The van der Waals surface area contributed by atoms with Gasteiger partial charge in [-0.2, -0.15) is 0 Å². The van der Waals surface area contributed by atoms with E-state index in [2.05, 4.69) is 11.6 Å². The third kappa shape index (κ3) is 4.03. The number of thiophene rings is 1. The molecule has 0 unspecified atom stereocenters. The van der Waals surface area contributed by atoms with Gasteiger partial charge < -0.3 is 4.90 Å². The quantitative estimate of drug-likeness (QED) is 0.594. The van der Waals surface area contributed by atoms with Crippen molar-refractivity contribution in [2.75, 3.05) is 6.54 Å². The normalized spacial score (nSPS) is 10.4. The maximum absolute atomic E-state index is 13.3. The summed E-state index contributed by atoms with van der Waals surface area (Å²) in [5.74, 6) is -1.02. The molecule has 0 aliphatic rings. The Morgan fingerprint density at radius 3 is 2.86 bits per heavy atom. The summed E-state index contributed by atoms with van der Waals surface area (Å²) in [5, 5.41) is -0.0281. The Balaban J connectivity index is 2.26. The number of nitrogens with zero attached hydrogens (tertiary/aromatic N) is 2. The topological polar surface area (TPSA) is 33.2 Å². The first-order chi connectivity index (χ1) is 10.0. The summed E-state index contributed by atoms with van der Waals surface area (Å²) in [6.45, 7) is 4.27. The summed E-state index contributed by atoms with van der Waals surface area (Å²) in [7, 11) is 0. The maximum Gasteiger partial charge on any atom is 0.257 e. The molecule has 2 heterocycles. The van der Waals surface area contributed by atoms with Crippen LogP contribution in [0.1, 0.15) is 15.2 Å². The fraction of sp³-hybridized carbons (Fsp3) is 0.143. The molecule has 0 aliphatic heterocycles. The van der Waals surface area contributed by atoms with Crippen LogP contribution in [0, 0.1) is 5.82 Å². The molecule has 0 atom stereocenters. The Hall–Kier alpha value is -1.43. The van der Waals surface area contributed by atoms with E-state index < -0.39 is 11.7 Å². The van der Waals surface area contributed by atoms with Crippen LogP contribution in [-0.2, 0) is 6.54 Å². The second kappa shape index (κ2) is 7.02. The van der Waals surface area contributed by atoms with Crippen molar-refractivity contribution in [2.24, 2.45) is 0 Å². The zero-order valence-corrected chi connectivity index (χ0v) is 13.2. The largest absolute Gasteiger partial charge is 0.330 e. The van der Waals surface area contributed by atoms with Gasteiger partial charge in [0.2, 0.25) is 0 Å². The predicted octanol–water partition coefficient (Wildman–Crippen LogP) is 4.42. The van der Waals surface area contributed by atoms with Gasteiger partial charge in [-0.1, -0.05) is 29.3 Å². The molecule has 0 aliphatic carbocycles. The molecular formula is C14H11Cl2FN2OS. The first-order valence-electron chi connectivity index (χ1n) is 5.96. The van der Waals surface area contributed by atoms with Crippen molar-refractivity contribution >= 4 is 40.4 Å². The molecule has 0 bridgehead atoms. The standard InChI is InChI=1S/C14H11Cl2FN2OS/c1-2-5-19(8-10-3-4-12(15)21-10)14(20)11-6-9(17)7-18-13(11)16/h2-4,6-7H,1,5,8H2. The van der Waals surface area contributed by atoms with Crippen LogP contribution in [-0.4, -0.2) is 22.3 Å². The monoisotopic (exact) mass is 344 g/mol. The molecule has 0 radical (unpaired) electrons. The molecule has 7 heteroatoms. The van der Waals surface area contributed by atoms with Crippen LogP contribution in [0.25, 0.3) is 0 Å². The van der Waals surface area contributed by atoms with E-state index in [1.54, 1.807) is 12.1 Å². The van der Waals surface area contributed by atoms with Gasteiger partial charge in [0.1, 0.15) is 11.0 Å². The van der Waals surface area contributed by atoms with Gasteiger partial charge >= 0.3 is 0 Å². The minimum atomic E-state index is -0.611. The lowest BCUT2D eigenvalue weighted by molar-refractivity contribution is 0.0763. The second-order valence-electron chi connectivity index (χ2n) is 4.17. The Morgan fingerprint density at radius 1 is 1.48 bits per heavy atom. The Labute approximate surface area is 135 Å². The Bertz CT molecular complexity index is 675. The van der Waals surface area contributed by atoms with Crippen LogP contribution >= 0.6 is 34.5 Å². The molecule has 0 N–H and O–H groups in total. The first-order valence-corrected chi connectivity index (χ1v) is 7.54. The lowest BCUT2D eigenvalue weighted by atomic mass is 10.2. The van der Waals surface area contributed by atoms with Crippen LogP contribution in [0.3, 0.4) is 0 Å². The number of halogens is 3. The van der Waals surface area contributed by atoms with E-state index in [1.807, 2.05) is 6.07 Å². The number of pyridine rings is 1. The molecule has 2 aromatic heterocycles. The fourth-order valence-electron chi connectivity index (χ4n) is 1.74. The van der Waals surface area contributed by atoms with E-state index in [9.17, 15) is 9.18 Å². The van der Waals surface area contributed by atoms with E-state index in [1.165, 1.54) is 16.2 Å².